The molecule has 1 aromatic carbocycles. The Bertz CT molecular complexity index is 972. The zero-order valence-corrected chi connectivity index (χ0v) is 14.0. The molecular weight excluding hydrogens is 356 g/mol. The normalized spacial score (nSPS) is 10.2. The van der Waals surface area contributed by atoms with Crippen LogP contribution in [0.2, 0.25) is 0 Å². The van der Waals surface area contributed by atoms with E-state index >= 15 is 0 Å². The molecule has 26 heavy (non-hydrogen) atoms. The van der Waals surface area contributed by atoms with Gasteiger partial charge in [0, 0.05) is 23.9 Å². The Morgan fingerprint density at radius 2 is 2.00 bits per heavy atom. The second kappa shape index (κ2) is 7.53. The molecule has 2 heterocycles. The number of nitro groups is 1. The summed E-state index contributed by atoms with van der Waals surface area (Å²) >= 11 is 5.06. The van der Waals surface area contributed by atoms with Gasteiger partial charge in [0.2, 0.25) is 0 Å². The number of nitro benzene ring substituents is 1. The molecular formula is C17H12N4O4S. The van der Waals surface area contributed by atoms with Crippen LogP contribution >= 0.6 is 12.2 Å². The smallest absolute Gasteiger partial charge is 0.293 e. The van der Waals surface area contributed by atoms with Gasteiger partial charge in [-0.25, -0.2) is 4.98 Å². The van der Waals surface area contributed by atoms with Crippen molar-refractivity contribution >= 4 is 34.7 Å². The van der Waals surface area contributed by atoms with Crippen LogP contribution < -0.4 is 10.6 Å². The molecule has 0 bridgehead atoms. The Hall–Kier alpha value is -3.59. The zero-order chi connectivity index (χ0) is 18.5. The quantitative estimate of drug-likeness (QED) is 0.413. The third kappa shape index (κ3) is 4.08. The fraction of sp³-hybridized carbons (Fsp3) is 0. The lowest BCUT2D eigenvalue weighted by Crippen LogP contribution is -2.34. The number of aromatic nitrogens is 1. The molecule has 8 nitrogen and oxygen atoms in total. The number of carbonyl (C=O) groups excluding carboxylic acids is 1. The topological polar surface area (TPSA) is 110 Å². The molecule has 2 N–H and O–H groups in total. The van der Waals surface area contributed by atoms with Gasteiger partial charge in [0.1, 0.15) is 11.6 Å². The molecule has 0 atom stereocenters. The number of carbonyl (C=O) groups is 1. The van der Waals surface area contributed by atoms with Gasteiger partial charge < -0.3 is 9.73 Å². The van der Waals surface area contributed by atoms with E-state index in [2.05, 4.69) is 15.6 Å². The maximum absolute atomic E-state index is 12.2. The van der Waals surface area contributed by atoms with E-state index in [9.17, 15) is 14.9 Å². The first-order valence-electron chi connectivity index (χ1n) is 7.41. The summed E-state index contributed by atoms with van der Waals surface area (Å²) in [7, 11) is 0. The molecule has 0 unspecified atom stereocenters. The fourth-order valence-electron chi connectivity index (χ4n) is 2.14. The van der Waals surface area contributed by atoms with Crippen LogP contribution in [-0.2, 0) is 0 Å². The summed E-state index contributed by atoms with van der Waals surface area (Å²) < 4.78 is 5.48. The van der Waals surface area contributed by atoms with Crippen molar-refractivity contribution in [3.63, 3.8) is 0 Å². The lowest BCUT2D eigenvalue weighted by atomic mass is 10.1. The first kappa shape index (κ1) is 17.2. The van der Waals surface area contributed by atoms with Gasteiger partial charge in [-0.1, -0.05) is 18.2 Å². The number of nitrogens with zero attached hydrogens (tertiary/aromatic N) is 2. The number of furan rings is 1. The van der Waals surface area contributed by atoms with Gasteiger partial charge in [-0.3, -0.25) is 20.2 Å². The standard InChI is InChI=1S/C17H12N4O4S/c22-16(20-17(26)19-15-6-1-2-9-18-15)14-8-7-13(25-14)11-4-3-5-12(10-11)21(23)24/h1-10H,(H2,18,19,20,22,26). The minimum absolute atomic E-state index is 0.0247. The highest BCUT2D eigenvalue weighted by Crippen LogP contribution is 2.25. The first-order chi connectivity index (χ1) is 12.5. The number of pyridine rings is 1. The maximum atomic E-state index is 12.2. The molecule has 3 aromatic rings. The third-order valence-electron chi connectivity index (χ3n) is 3.30. The third-order valence-corrected chi connectivity index (χ3v) is 3.51. The largest absolute Gasteiger partial charge is 0.451 e. The van der Waals surface area contributed by atoms with Crippen LogP contribution in [-0.4, -0.2) is 20.9 Å². The van der Waals surface area contributed by atoms with Crippen molar-refractivity contribution in [3.05, 3.63) is 76.7 Å². The summed E-state index contributed by atoms with van der Waals surface area (Å²) in [6, 6.07) is 14.2. The molecule has 2 aromatic heterocycles. The molecule has 0 aliphatic carbocycles. The maximum Gasteiger partial charge on any atom is 0.293 e. The minimum Gasteiger partial charge on any atom is -0.451 e. The van der Waals surface area contributed by atoms with Gasteiger partial charge in [0.15, 0.2) is 10.9 Å². The number of anilines is 1. The highest BCUT2D eigenvalue weighted by Gasteiger charge is 2.15. The number of non-ortho nitro benzene ring substituents is 1. The molecule has 0 aliphatic rings. The molecule has 0 spiro atoms. The Morgan fingerprint density at radius 1 is 1.15 bits per heavy atom. The van der Waals surface area contributed by atoms with E-state index < -0.39 is 10.8 Å². The summed E-state index contributed by atoms with van der Waals surface area (Å²) in [6.45, 7) is 0. The molecule has 0 fully saturated rings. The number of hydrogen-bond acceptors (Lipinski definition) is 6. The van der Waals surface area contributed by atoms with Crippen molar-refractivity contribution in [2.75, 3.05) is 5.32 Å². The predicted molar refractivity (Wildman–Crippen MR) is 98.7 cm³/mol. The van der Waals surface area contributed by atoms with Gasteiger partial charge in [-0.2, -0.15) is 0 Å². The van der Waals surface area contributed by atoms with Gasteiger partial charge in [-0.05, 0) is 36.5 Å². The van der Waals surface area contributed by atoms with Crippen LogP contribution in [0.3, 0.4) is 0 Å². The van der Waals surface area contributed by atoms with E-state index in [1.165, 1.54) is 18.2 Å². The van der Waals surface area contributed by atoms with Gasteiger partial charge >= 0.3 is 0 Å². The summed E-state index contributed by atoms with van der Waals surface area (Å²) in [5.41, 5.74) is 0.429. The number of amides is 1. The van der Waals surface area contributed by atoms with E-state index in [1.54, 1.807) is 42.6 Å². The Balaban J connectivity index is 1.69. The zero-order valence-electron chi connectivity index (χ0n) is 13.2. The number of hydrogen-bond donors (Lipinski definition) is 2. The van der Waals surface area contributed by atoms with Crippen molar-refractivity contribution in [3.8, 4) is 11.3 Å². The van der Waals surface area contributed by atoms with E-state index in [4.69, 9.17) is 16.6 Å². The van der Waals surface area contributed by atoms with Crippen molar-refractivity contribution in [2.45, 2.75) is 0 Å². The van der Waals surface area contributed by atoms with E-state index in [0.29, 0.717) is 17.1 Å². The van der Waals surface area contributed by atoms with Crippen LogP contribution in [0.4, 0.5) is 11.5 Å². The second-order valence-corrected chi connectivity index (χ2v) is 5.50. The van der Waals surface area contributed by atoms with Crippen LogP contribution in [0.15, 0.2) is 65.2 Å². The van der Waals surface area contributed by atoms with Crippen molar-refractivity contribution in [2.24, 2.45) is 0 Å². The van der Waals surface area contributed by atoms with Crippen LogP contribution in [0.1, 0.15) is 10.6 Å². The molecule has 3 rings (SSSR count). The summed E-state index contributed by atoms with van der Waals surface area (Å²) in [6.07, 6.45) is 1.59. The summed E-state index contributed by atoms with van der Waals surface area (Å²) in [5, 5.41) is 16.2. The Labute approximate surface area is 153 Å². The van der Waals surface area contributed by atoms with Crippen LogP contribution in [0, 0.1) is 10.1 Å². The van der Waals surface area contributed by atoms with Crippen molar-refractivity contribution in [1.82, 2.24) is 10.3 Å². The van der Waals surface area contributed by atoms with Gasteiger partial charge in [0.25, 0.3) is 11.6 Å². The number of rotatable bonds is 4. The summed E-state index contributed by atoms with van der Waals surface area (Å²) in [5.74, 6) is 0.309. The first-order valence-corrected chi connectivity index (χ1v) is 7.82. The van der Waals surface area contributed by atoms with E-state index in [-0.39, 0.29) is 16.6 Å². The average molecular weight is 368 g/mol. The Kier molecular flexibility index (Phi) is 4.99. The van der Waals surface area contributed by atoms with Gasteiger partial charge in [0.05, 0.1) is 4.92 Å². The van der Waals surface area contributed by atoms with Crippen LogP contribution in [0.5, 0.6) is 0 Å². The lowest BCUT2D eigenvalue weighted by Gasteiger charge is -2.07. The van der Waals surface area contributed by atoms with Gasteiger partial charge in [-0.15, -0.1) is 0 Å². The average Bonchev–Trinajstić information content (AvgIpc) is 3.13. The molecule has 9 heteroatoms. The van der Waals surface area contributed by atoms with E-state index in [0.717, 1.165) is 0 Å². The van der Waals surface area contributed by atoms with E-state index in [1.807, 2.05) is 0 Å². The van der Waals surface area contributed by atoms with Crippen molar-refractivity contribution < 1.29 is 14.1 Å². The number of benzene rings is 1. The van der Waals surface area contributed by atoms with Crippen molar-refractivity contribution in [1.29, 1.82) is 0 Å². The second-order valence-electron chi connectivity index (χ2n) is 5.09. The lowest BCUT2D eigenvalue weighted by molar-refractivity contribution is -0.384. The predicted octanol–water partition coefficient (Wildman–Crippen LogP) is 3.38. The van der Waals surface area contributed by atoms with Crippen LogP contribution in [0.25, 0.3) is 11.3 Å². The molecule has 0 aliphatic heterocycles. The fourth-order valence-corrected chi connectivity index (χ4v) is 2.33. The molecule has 130 valence electrons. The highest BCUT2D eigenvalue weighted by atomic mass is 32.1. The highest BCUT2D eigenvalue weighted by molar-refractivity contribution is 7.80. The molecule has 0 saturated carbocycles. The molecule has 0 radical (unpaired) electrons. The monoisotopic (exact) mass is 368 g/mol. The molecule has 0 saturated heterocycles. The number of nitrogens with one attached hydrogen (secondary N) is 2. The Morgan fingerprint density at radius 3 is 2.73 bits per heavy atom. The molecule has 1 amide bonds. The number of thiocarbonyl (C=S) groups is 1. The summed E-state index contributed by atoms with van der Waals surface area (Å²) in [4.78, 5) is 26.6. The minimum atomic E-state index is -0.546. The SMILES string of the molecule is O=C(NC(=S)Nc1ccccn1)c1ccc(-c2cccc([N+](=O)[O-])c2)o1.